The van der Waals surface area contributed by atoms with Crippen molar-refractivity contribution in [1.29, 1.82) is 0 Å². The molecule has 0 radical (unpaired) electrons. The summed E-state index contributed by atoms with van der Waals surface area (Å²) < 4.78 is 5.36. The molecule has 142 valence electrons. The third-order valence-corrected chi connectivity index (χ3v) is 5.50. The Bertz CT molecular complexity index is 818. The zero-order valence-corrected chi connectivity index (χ0v) is 15.8. The van der Waals surface area contributed by atoms with E-state index >= 15 is 0 Å². The number of carbonyl (C=O) groups excluding carboxylic acids is 1. The molecule has 3 heterocycles. The predicted octanol–water partition coefficient (Wildman–Crippen LogP) is 2.08. The lowest BCUT2D eigenvalue weighted by molar-refractivity contribution is -0.131. The average molecular weight is 366 g/mol. The summed E-state index contributed by atoms with van der Waals surface area (Å²) in [5.41, 5.74) is 3.10. The first-order chi connectivity index (χ1) is 13.2. The maximum Gasteiger partial charge on any atom is 0.227 e. The molecule has 1 saturated heterocycles. The van der Waals surface area contributed by atoms with Crippen LogP contribution in [0.3, 0.4) is 0 Å². The second kappa shape index (κ2) is 8.05. The van der Waals surface area contributed by atoms with Gasteiger partial charge in [-0.2, -0.15) is 0 Å². The number of piperidine rings is 1. The lowest BCUT2D eigenvalue weighted by Crippen LogP contribution is -2.38. The number of nitrogens with zero attached hydrogens (tertiary/aromatic N) is 3. The zero-order chi connectivity index (χ0) is 18.6. The molecule has 1 aromatic carbocycles. The molecular formula is C21H26N4O2. The Morgan fingerprint density at radius 1 is 1.37 bits per heavy atom. The number of rotatable bonds is 4. The van der Waals surface area contributed by atoms with Gasteiger partial charge in [0, 0.05) is 49.3 Å². The number of carbonyl (C=O) groups is 1. The molecule has 2 aromatic rings. The highest BCUT2D eigenvalue weighted by Crippen LogP contribution is 2.24. The minimum atomic E-state index is 0.116. The number of amides is 1. The smallest absolute Gasteiger partial charge is 0.227 e. The first kappa shape index (κ1) is 17.9. The zero-order valence-electron chi connectivity index (χ0n) is 15.8. The number of methoxy groups -OCH3 is 1. The standard InChI is InChI=1S/C21H26N4O2/c1-27-19-7-3-2-5-15(19)11-20(26)25-10-8-18-17(14-25)13-23-21(24-18)16-6-4-9-22-12-16/h2-3,5,7,13,16,22H,4,6,8-12,14H2,1H3/t16-/m0/s1. The number of hydrogen-bond donors (Lipinski definition) is 1. The quantitative estimate of drug-likeness (QED) is 0.897. The molecule has 1 amide bonds. The molecule has 1 atom stereocenters. The fourth-order valence-electron chi connectivity index (χ4n) is 3.94. The van der Waals surface area contributed by atoms with E-state index in [0.29, 0.717) is 25.4 Å². The van der Waals surface area contributed by atoms with E-state index in [-0.39, 0.29) is 5.91 Å². The van der Waals surface area contributed by atoms with Gasteiger partial charge in [0.2, 0.25) is 5.91 Å². The van der Waals surface area contributed by atoms with Crippen molar-refractivity contribution in [3.8, 4) is 5.75 Å². The van der Waals surface area contributed by atoms with E-state index in [0.717, 1.165) is 54.3 Å². The minimum absolute atomic E-state index is 0.116. The molecule has 0 bridgehead atoms. The maximum absolute atomic E-state index is 12.8. The van der Waals surface area contributed by atoms with Crippen molar-refractivity contribution in [2.45, 2.75) is 38.1 Å². The summed E-state index contributed by atoms with van der Waals surface area (Å²) >= 11 is 0. The second-order valence-electron chi connectivity index (χ2n) is 7.30. The summed E-state index contributed by atoms with van der Waals surface area (Å²) in [4.78, 5) is 24.1. The van der Waals surface area contributed by atoms with E-state index < -0.39 is 0 Å². The molecule has 0 unspecified atom stereocenters. The van der Waals surface area contributed by atoms with Crippen LogP contribution in [-0.4, -0.2) is 47.5 Å². The monoisotopic (exact) mass is 366 g/mol. The van der Waals surface area contributed by atoms with Gasteiger partial charge in [-0.3, -0.25) is 4.79 Å². The van der Waals surface area contributed by atoms with Crippen LogP contribution in [-0.2, 0) is 24.2 Å². The van der Waals surface area contributed by atoms with Gasteiger partial charge in [-0.25, -0.2) is 9.97 Å². The van der Waals surface area contributed by atoms with Crippen LogP contribution in [0.25, 0.3) is 0 Å². The van der Waals surface area contributed by atoms with Crippen LogP contribution in [0.2, 0.25) is 0 Å². The lowest BCUT2D eigenvalue weighted by Gasteiger charge is -2.29. The number of fused-ring (bicyclic) bond motifs is 1. The number of nitrogens with one attached hydrogen (secondary N) is 1. The van der Waals surface area contributed by atoms with Crippen LogP contribution in [0.15, 0.2) is 30.5 Å². The molecule has 1 fully saturated rings. The Morgan fingerprint density at radius 2 is 2.26 bits per heavy atom. The minimum Gasteiger partial charge on any atom is -0.496 e. The van der Waals surface area contributed by atoms with Gasteiger partial charge in [0.15, 0.2) is 0 Å². The van der Waals surface area contributed by atoms with Gasteiger partial charge in [0.1, 0.15) is 11.6 Å². The van der Waals surface area contributed by atoms with Gasteiger partial charge in [-0.05, 0) is 25.5 Å². The normalized spacial score (nSPS) is 19.4. The van der Waals surface area contributed by atoms with Crippen LogP contribution >= 0.6 is 0 Å². The third-order valence-electron chi connectivity index (χ3n) is 5.50. The highest BCUT2D eigenvalue weighted by atomic mass is 16.5. The Kier molecular flexibility index (Phi) is 5.34. The first-order valence-corrected chi connectivity index (χ1v) is 9.69. The van der Waals surface area contributed by atoms with Crippen molar-refractivity contribution in [2.24, 2.45) is 0 Å². The van der Waals surface area contributed by atoms with E-state index in [1.165, 1.54) is 6.42 Å². The summed E-state index contributed by atoms with van der Waals surface area (Å²) in [5, 5.41) is 3.42. The summed E-state index contributed by atoms with van der Waals surface area (Å²) in [5.74, 6) is 2.24. The average Bonchev–Trinajstić information content (AvgIpc) is 2.74. The number of ether oxygens (including phenoxy) is 1. The number of para-hydroxylation sites is 1. The van der Waals surface area contributed by atoms with Crippen molar-refractivity contribution >= 4 is 5.91 Å². The predicted molar refractivity (Wildman–Crippen MR) is 103 cm³/mol. The van der Waals surface area contributed by atoms with Crippen LogP contribution in [0.5, 0.6) is 5.75 Å². The Hall–Kier alpha value is -2.47. The van der Waals surface area contributed by atoms with Crippen molar-refractivity contribution in [3.63, 3.8) is 0 Å². The topological polar surface area (TPSA) is 67.3 Å². The van der Waals surface area contributed by atoms with Gasteiger partial charge in [-0.1, -0.05) is 18.2 Å². The fourth-order valence-corrected chi connectivity index (χ4v) is 3.94. The number of benzene rings is 1. The molecule has 6 nitrogen and oxygen atoms in total. The molecule has 0 saturated carbocycles. The summed E-state index contributed by atoms with van der Waals surface area (Å²) in [6.45, 7) is 3.35. The van der Waals surface area contributed by atoms with E-state index in [1.54, 1.807) is 7.11 Å². The molecule has 2 aliphatic rings. The van der Waals surface area contributed by atoms with Gasteiger partial charge >= 0.3 is 0 Å². The number of hydrogen-bond acceptors (Lipinski definition) is 5. The van der Waals surface area contributed by atoms with E-state index in [1.807, 2.05) is 35.4 Å². The summed E-state index contributed by atoms with van der Waals surface area (Å²) in [7, 11) is 1.64. The van der Waals surface area contributed by atoms with E-state index in [4.69, 9.17) is 9.72 Å². The largest absolute Gasteiger partial charge is 0.496 e. The molecule has 6 heteroatoms. The molecule has 27 heavy (non-hydrogen) atoms. The summed E-state index contributed by atoms with van der Waals surface area (Å²) in [6.07, 6.45) is 5.40. The molecule has 0 aliphatic carbocycles. The fraction of sp³-hybridized carbons (Fsp3) is 0.476. The molecule has 1 aromatic heterocycles. The van der Waals surface area contributed by atoms with Crippen molar-refractivity contribution in [2.75, 3.05) is 26.7 Å². The molecular weight excluding hydrogens is 340 g/mol. The van der Waals surface area contributed by atoms with Crippen molar-refractivity contribution in [3.05, 3.63) is 53.1 Å². The number of aromatic nitrogens is 2. The third kappa shape index (κ3) is 3.95. The van der Waals surface area contributed by atoms with Crippen molar-refractivity contribution in [1.82, 2.24) is 20.2 Å². The van der Waals surface area contributed by atoms with Crippen LogP contribution in [0, 0.1) is 0 Å². The molecule has 0 spiro atoms. The first-order valence-electron chi connectivity index (χ1n) is 9.69. The molecule has 1 N–H and O–H groups in total. The van der Waals surface area contributed by atoms with E-state index in [9.17, 15) is 4.79 Å². The lowest BCUT2D eigenvalue weighted by atomic mass is 9.98. The van der Waals surface area contributed by atoms with Gasteiger partial charge < -0.3 is 15.0 Å². The van der Waals surface area contributed by atoms with Crippen molar-refractivity contribution < 1.29 is 9.53 Å². The van der Waals surface area contributed by atoms with Gasteiger partial charge in [-0.15, -0.1) is 0 Å². The Morgan fingerprint density at radius 3 is 3.07 bits per heavy atom. The Balaban J connectivity index is 1.44. The highest BCUT2D eigenvalue weighted by Gasteiger charge is 2.25. The Labute approximate surface area is 160 Å². The summed E-state index contributed by atoms with van der Waals surface area (Å²) in [6, 6.07) is 7.69. The van der Waals surface area contributed by atoms with Crippen LogP contribution < -0.4 is 10.1 Å². The maximum atomic E-state index is 12.8. The molecule has 4 rings (SSSR count). The highest BCUT2D eigenvalue weighted by molar-refractivity contribution is 5.79. The van der Waals surface area contributed by atoms with Crippen LogP contribution in [0.1, 0.15) is 41.4 Å². The van der Waals surface area contributed by atoms with Gasteiger partial charge in [0.05, 0.1) is 19.2 Å². The van der Waals surface area contributed by atoms with Crippen LogP contribution in [0.4, 0.5) is 0 Å². The molecule has 2 aliphatic heterocycles. The van der Waals surface area contributed by atoms with Gasteiger partial charge in [0.25, 0.3) is 0 Å². The second-order valence-corrected chi connectivity index (χ2v) is 7.30. The van der Waals surface area contributed by atoms with E-state index in [2.05, 4.69) is 10.3 Å². The SMILES string of the molecule is COc1ccccc1CC(=O)N1CCc2nc([C@H]3CCCNC3)ncc2C1.